The highest BCUT2D eigenvalue weighted by molar-refractivity contribution is 6.00. The quantitative estimate of drug-likeness (QED) is 0.817. The van der Waals surface area contributed by atoms with Gasteiger partial charge in [0.05, 0.1) is 22.8 Å². The predicted octanol–water partition coefficient (Wildman–Crippen LogP) is 3.49. The molecule has 0 aromatic carbocycles. The highest BCUT2D eigenvalue weighted by Crippen LogP contribution is 2.18. The van der Waals surface area contributed by atoms with Gasteiger partial charge in [0.15, 0.2) is 0 Å². The van der Waals surface area contributed by atoms with E-state index in [2.05, 4.69) is 28.0 Å². The third kappa shape index (κ3) is 2.60. The number of hydrogen-bond donors (Lipinski definition) is 0. The van der Waals surface area contributed by atoms with E-state index >= 15 is 0 Å². The minimum atomic E-state index is 0.521. The van der Waals surface area contributed by atoms with Crippen LogP contribution in [0.1, 0.15) is 19.0 Å². The molecule has 3 nitrogen and oxygen atoms in total. The molecule has 2 aromatic heterocycles. The molecule has 2 aromatic rings. The Kier molecular flexibility index (Phi) is 3.19. The Morgan fingerprint density at radius 3 is 2.63 bits per heavy atom. The van der Waals surface area contributed by atoms with E-state index in [9.17, 15) is 0 Å². The molecular weight excluding hydrogens is 234 g/mol. The minimum Gasteiger partial charge on any atom is -0.259 e. The van der Waals surface area contributed by atoms with Crippen LogP contribution in [0, 0.1) is 5.92 Å². The van der Waals surface area contributed by atoms with Gasteiger partial charge in [0.25, 0.3) is 0 Å². The second kappa shape index (κ2) is 5.14. The lowest BCUT2D eigenvalue weighted by molar-refractivity contribution is 0.754. The topological polar surface area (TPSA) is 38.1 Å². The zero-order valence-corrected chi connectivity index (χ0v) is 10.8. The van der Waals surface area contributed by atoms with Crippen molar-refractivity contribution in [2.24, 2.45) is 10.9 Å². The number of aromatic nitrogens is 2. The smallest absolute Gasteiger partial charge is 0.0894 e. The summed E-state index contributed by atoms with van der Waals surface area (Å²) in [5.74, 6) is 0.521. The van der Waals surface area contributed by atoms with Crippen molar-refractivity contribution in [2.75, 3.05) is 0 Å². The summed E-state index contributed by atoms with van der Waals surface area (Å²) in [5.41, 5.74) is 3.78. The van der Waals surface area contributed by atoms with Gasteiger partial charge in [-0.1, -0.05) is 25.1 Å². The van der Waals surface area contributed by atoms with Crippen LogP contribution in [0.3, 0.4) is 0 Å². The lowest BCUT2D eigenvalue weighted by Gasteiger charge is -2.13. The van der Waals surface area contributed by atoms with Gasteiger partial charge in [0.2, 0.25) is 0 Å². The standard InChI is InChI=1S/C16H15N3/c1-12-8-10-18-16(11-12)15-7-4-6-14(19-15)13-5-2-3-9-17-13/h2-10,12H,11H2,1H3. The summed E-state index contributed by atoms with van der Waals surface area (Å²) >= 11 is 0. The molecule has 19 heavy (non-hydrogen) atoms. The molecule has 0 saturated carbocycles. The van der Waals surface area contributed by atoms with E-state index in [0.717, 1.165) is 29.2 Å². The maximum Gasteiger partial charge on any atom is 0.0894 e. The number of hydrogen-bond acceptors (Lipinski definition) is 3. The molecule has 0 N–H and O–H groups in total. The van der Waals surface area contributed by atoms with Crippen molar-refractivity contribution in [1.82, 2.24) is 9.97 Å². The van der Waals surface area contributed by atoms with E-state index in [0.29, 0.717) is 5.92 Å². The van der Waals surface area contributed by atoms with Gasteiger partial charge < -0.3 is 0 Å². The van der Waals surface area contributed by atoms with Gasteiger partial charge in [0, 0.05) is 12.4 Å². The fourth-order valence-corrected chi connectivity index (χ4v) is 2.13. The second-order valence-electron chi connectivity index (χ2n) is 4.72. The maximum absolute atomic E-state index is 4.67. The van der Waals surface area contributed by atoms with Gasteiger partial charge in [-0.2, -0.15) is 0 Å². The van der Waals surface area contributed by atoms with Crippen LogP contribution >= 0.6 is 0 Å². The van der Waals surface area contributed by atoms with Crippen molar-refractivity contribution < 1.29 is 0 Å². The first-order chi connectivity index (χ1) is 9.33. The lowest BCUT2D eigenvalue weighted by Crippen LogP contribution is -2.10. The Balaban J connectivity index is 1.97. The number of allylic oxidation sites excluding steroid dienone is 1. The summed E-state index contributed by atoms with van der Waals surface area (Å²) < 4.78 is 0. The van der Waals surface area contributed by atoms with Crippen LogP contribution in [0.4, 0.5) is 0 Å². The van der Waals surface area contributed by atoms with Gasteiger partial charge in [-0.25, -0.2) is 4.98 Å². The van der Waals surface area contributed by atoms with E-state index < -0.39 is 0 Å². The number of nitrogens with zero attached hydrogens (tertiary/aromatic N) is 3. The number of pyridine rings is 2. The number of rotatable bonds is 2. The zero-order valence-electron chi connectivity index (χ0n) is 10.8. The third-order valence-corrected chi connectivity index (χ3v) is 3.13. The molecule has 0 radical (unpaired) electrons. The van der Waals surface area contributed by atoms with Crippen molar-refractivity contribution in [1.29, 1.82) is 0 Å². The molecule has 0 fully saturated rings. The molecular formula is C16H15N3. The van der Waals surface area contributed by atoms with Crippen molar-refractivity contribution >= 4 is 5.71 Å². The van der Waals surface area contributed by atoms with Gasteiger partial charge in [-0.3, -0.25) is 9.98 Å². The monoisotopic (exact) mass is 249 g/mol. The maximum atomic E-state index is 4.67. The molecule has 0 amide bonds. The summed E-state index contributed by atoms with van der Waals surface area (Å²) in [6, 6.07) is 11.9. The first-order valence-electron chi connectivity index (χ1n) is 6.45. The second-order valence-corrected chi connectivity index (χ2v) is 4.72. The molecule has 3 heterocycles. The molecule has 0 bridgehead atoms. The summed E-state index contributed by atoms with van der Waals surface area (Å²) in [7, 11) is 0. The largest absolute Gasteiger partial charge is 0.259 e. The minimum absolute atomic E-state index is 0.521. The molecule has 0 aliphatic carbocycles. The van der Waals surface area contributed by atoms with Crippen molar-refractivity contribution in [2.45, 2.75) is 13.3 Å². The normalized spacial score (nSPS) is 18.2. The zero-order chi connectivity index (χ0) is 13.1. The van der Waals surface area contributed by atoms with E-state index in [1.165, 1.54) is 0 Å². The van der Waals surface area contributed by atoms with Crippen LogP contribution in [-0.4, -0.2) is 15.7 Å². The summed E-state index contributed by atoms with van der Waals surface area (Å²) in [4.78, 5) is 13.4. The van der Waals surface area contributed by atoms with Crippen molar-refractivity contribution in [3.8, 4) is 11.4 Å². The molecule has 1 aliphatic rings. The third-order valence-electron chi connectivity index (χ3n) is 3.13. The average molecular weight is 249 g/mol. The van der Waals surface area contributed by atoms with Crippen LogP contribution in [-0.2, 0) is 0 Å². The predicted molar refractivity (Wildman–Crippen MR) is 76.9 cm³/mol. The van der Waals surface area contributed by atoms with Crippen LogP contribution < -0.4 is 0 Å². The highest BCUT2D eigenvalue weighted by atomic mass is 14.8. The van der Waals surface area contributed by atoms with Gasteiger partial charge in [-0.15, -0.1) is 0 Å². The molecule has 0 spiro atoms. The highest BCUT2D eigenvalue weighted by Gasteiger charge is 2.12. The first-order valence-corrected chi connectivity index (χ1v) is 6.45. The summed E-state index contributed by atoms with van der Waals surface area (Å²) in [6.07, 6.45) is 6.71. The van der Waals surface area contributed by atoms with Crippen molar-refractivity contribution in [3.63, 3.8) is 0 Å². The number of aliphatic imine (C=N–C) groups is 1. The van der Waals surface area contributed by atoms with E-state index in [1.807, 2.05) is 42.6 Å². The van der Waals surface area contributed by atoms with Crippen LogP contribution in [0.25, 0.3) is 11.4 Å². The van der Waals surface area contributed by atoms with E-state index in [-0.39, 0.29) is 0 Å². The summed E-state index contributed by atoms with van der Waals surface area (Å²) in [6.45, 7) is 2.19. The molecule has 0 saturated heterocycles. The van der Waals surface area contributed by atoms with Crippen LogP contribution in [0.15, 0.2) is 59.9 Å². The van der Waals surface area contributed by atoms with Crippen LogP contribution in [0.5, 0.6) is 0 Å². The molecule has 1 aliphatic heterocycles. The first kappa shape index (κ1) is 11.8. The summed E-state index contributed by atoms with van der Waals surface area (Å²) in [5, 5.41) is 0. The molecule has 1 unspecified atom stereocenters. The Labute approximate surface area is 112 Å². The Morgan fingerprint density at radius 1 is 1.00 bits per heavy atom. The van der Waals surface area contributed by atoms with Gasteiger partial charge in [0.1, 0.15) is 0 Å². The molecule has 94 valence electrons. The lowest BCUT2D eigenvalue weighted by atomic mass is 9.99. The van der Waals surface area contributed by atoms with Gasteiger partial charge in [-0.05, 0) is 36.6 Å². The molecule has 3 heteroatoms. The molecule has 3 rings (SSSR count). The fraction of sp³-hybridized carbons (Fsp3) is 0.188. The fourth-order valence-electron chi connectivity index (χ4n) is 2.13. The van der Waals surface area contributed by atoms with Gasteiger partial charge >= 0.3 is 0 Å². The Hall–Kier alpha value is -2.29. The SMILES string of the molecule is CC1C=CN=C(c2cccc(-c3ccccn3)n2)C1. The Bertz CT molecular complexity index is 629. The van der Waals surface area contributed by atoms with E-state index in [4.69, 9.17) is 0 Å². The van der Waals surface area contributed by atoms with Crippen molar-refractivity contribution in [3.05, 3.63) is 60.6 Å². The Morgan fingerprint density at radius 2 is 1.84 bits per heavy atom. The van der Waals surface area contributed by atoms with Crippen LogP contribution in [0.2, 0.25) is 0 Å². The van der Waals surface area contributed by atoms with E-state index in [1.54, 1.807) is 6.20 Å². The average Bonchev–Trinajstić information content (AvgIpc) is 2.48. The molecule has 1 atom stereocenters.